The lowest BCUT2D eigenvalue weighted by Gasteiger charge is -2.29. The van der Waals surface area contributed by atoms with Gasteiger partial charge in [-0.05, 0) is 83.5 Å². The molecular formula is C58H101N2O6P. The van der Waals surface area contributed by atoms with Crippen LogP contribution in [0.25, 0.3) is 0 Å². The number of nitrogens with zero attached hydrogens (tertiary/aromatic N) is 1. The van der Waals surface area contributed by atoms with Crippen LogP contribution in [0.5, 0.6) is 0 Å². The molecule has 9 heteroatoms. The number of unbranched alkanes of at least 4 members (excludes halogenated alkanes) is 18. The third-order valence-corrected chi connectivity index (χ3v) is 12.2. The number of hydrogen-bond acceptors (Lipinski definition) is 6. The van der Waals surface area contributed by atoms with Gasteiger partial charge in [0.2, 0.25) is 5.91 Å². The topological polar surface area (TPSA) is 108 Å². The van der Waals surface area contributed by atoms with Crippen LogP contribution < -0.4 is 10.2 Å². The molecular weight excluding hydrogens is 852 g/mol. The number of hydrogen-bond donors (Lipinski definition) is 2. The van der Waals surface area contributed by atoms with Gasteiger partial charge < -0.3 is 28.8 Å². The van der Waals surface area contributed by atoms with E-state index in [4.69, 9.17) is 9.05 Å². The fourth-order valence-corrected chi connectivity index (χ4v) is 7.77. The Balaban J connectivity index is 4.19. The van der Waals surface area contributed by atoms with Crippen LogP contribution in [0, 0.1) is 0 Å². The summed E-state index contributed by atoms with van der Waals surface area (Å²) in [4.78, 5) is 25.4. The average molecular weight is 953 g/mol. The van der Waals surface area contributed by atoms with Gasteiger partial charge in [-0.2, -0.15) is 0 Å². The molecule has 8 nitrogen and oxygen atoms in total. The molecule has 1 amide bonds. The first-order valence-electron chi connectivity index (χ1n) is 26.7. The fourth-order valence-electron chi connectivity index (χ4n) is 7.05. The maximum absolute atomic E-state index is 12.9. The lowest BCUT2D eigenvalue weighted by molar-refractivity contribution is -0.870. The molecule has 0 aliphatic rings. The van der Waals surface area contributed by atoms with Crippen molar-refractivity contribution < 1.29 is 32.9 Å². The van der Waals surface area contributed by atoms with Crippen LogP contribution in [0.15, 0.2) is 109 Å². The van der Waals surface area contributed by atoms with E-state index in [1.54, 1.807) is 6.08 Å². The SMILES string of the molecule is CC/C=C\C/C=C\C/C=C\C/C=C\C/C=C\C/C=C\C/C=C\C/C=C\CCCCCCCCCCC(=O)NC(COP(=O)([O-])OCC[N+](C)(C)C)C(O)/C=C/CCCCCCCCCCCC. The summed E-state index contributed by atoms with van der Waals surface area (Å²) >= 11 is 0. The molecule has 0 aliphatic carbocycles. The van der Waals surface area contributed by atoms with Crippen molar-refractivity contribution in [3.8, 4) is 0 Å². The Morgan fingerprint density at radius 1 is 0.537 bits per heavy atom. The normalized spacial score (nSPS) is 14.9. The number of phosphoric ester groups is 1. The Labute approximate surface area is 412 Å². The summed E-state index contributed by atoms with van der Waals surface area (Å²) in [6, 6.07) is -0.897. The molecule has 0 fully saturated rings. The van der Waals surface area contributed by atoms with E-state index in [0.29, 0.717) is 17.4 Å². The predicted octanol–water partition coefficient (Wildman–Crippen LogP) is 15.4. The Kier molecular flexibility index (Phi) is 46.2. The van der Waals surface area contributed by atoms with E-state index in [-0.39, 0.29) is 19.1 Å². The molecule has 3 atom stereocenters. The standard InChI is InChI=1S/C58H101N2O6P/c1-6-8-10-12-14-16-18-20-21-22-23-24-25-26-27-28-29-30-31-32-33-34-35-36-37-38-39-40-42-44-46-48-50-52-58(62)59-56(55-66-67(63,64)65-54-53-60(3,4)5)57(61)51-49-47-45-43-41-19-17-15-13-11-9-7-2/h8,10,14,16,20-21,23-24,26-27,29-30,32-33,35-36,49,51,56-57,61H,6-7,9,11-13,15,17-19,22,25,28,31,34,37-48,50,52-55H2,1-5H3,(H-,59,62,63,64)/b10-8-,16-14-,21-20-,24-23-,27-26-,30-29-,33-32-,36-35-,51-49+. The molecule has 0 saturated heterocycles. The highest BCUT2D eigenvalue weighted by atomic mass is 31.2. The number of carbonyl (C=O) groups is 1. The van der Waals surface area contributed by atoms with Crippen LogP contribution in [-0.2, 0) is 18.4 Å². The number of likely N-dealkylation sites (N-methyl/N-ethyl adjacent to an activating group) is 1. The van der Waals surface area contributed by atoms with E-state index in [0.717, 1.165) is 103 Å². The number of quaternary nitrogens is 1. The molecule has 0 spiro atoms. The van der Waals surface area contributed by atoms with Gasteiger partial charge in [0, 0.05) is 6.42 Å². The second kappa shape index (κ2) is 48.2. The maximum atomic E-state index is 12.9. The molecule has 0 radical (unpaired) electrons. The number of nitrogens with one attached hydrogen (secondary N) is 1. The van der Waals surface area contributed by atoms with Gasteiger partial charge in [-0.25, -0.2) is 0 Å². The number of aliphatic hydroxyl groups is 1. The van der Waals surface area contributed by atoms with Gasteiger partial charge in [-0.3, -0.25) is 9.36 Å². The fraction of sp³-hybridized carbons (Fsp3) is 0.672. The average Bonchev–Trinajstić information content (AvgIpc) is 3.29. The van der Waals surface area contributed by atoms with Crippen LogP contribution in [-0.4, -0.2) is 68.5 Å². The highest BCUT2D eigenvalue weighted by molar-refractivity contribution is 7.45. The molecule has 0 rings (SSSR count). The lowest BCUT2D eigenvalue weighted by atomic mass is 10.0. The number of amides is 1. The highest BCUT2D eigenvalue weighted by Crippen LogP contribution is 2.38. The minimum Gasteiger partial charge on any atom is -0.756 e. The molecule has 0 aromatic carbocycles. The molecule has 384 valence electrons. The Hall–Kier alpha value is -2.84. The third kappa shape index (κ3) is 50.9. The highest BCUT2D eigenvalue weighted by Gasteiger charge is 2.23. The van der Waals surface area contributed by atoms with Crippen molar-refractivity contribution >= 4 is 13.7 Å². The van der Waals surface area contributed by atoms with Gasteiger partial charge in [-0.15, -0.1) is 0 Å². The molecule has 3 unspecified atom stereocenters. The molecule has 0 aromatic heterocycles. The zero-order chi connectivity index (χ0) is 49.2. The van der Waals surface area contributed by atoms with Gasteiger partial charge in [0.05, 0.1) is 39.9 Å². The van der Waals surface area contributed by atoms with E-state index in [2.05, 4.69) is 116 Å². The minimum absolute atomic E-state index is 0.00823. The first-order chi connectivity index (χ1) is 32.5. The van der Waals surface area contributed by atoms with E-state index in [1.165, 1.54) is 77.0 Å². The van der Waals surface area contributed by atoms with Crippen LogP contribution >= 0.6 is 7.82 Å². The van der Waals surface area contributed by atoms with Crippen LogP contribution in [0.4, 0.5) is 0 Å². The summed E-state index contributed by atoms with van der Waals surface area (Å²) in [5, 5.41) is 13.8. The van der Waals surface area contributed by atoms with Crippen molar-refractivity contribution in [3.63, 3.8) is 0 Å². The molecule has 0 saturated carbocycles. The van der Waals surface area contributed by atoms with E-state index in [1.807, 2.05) is 27.2 Å². The zero-order valence-corrected chi connectivity index (χ0v) is 44.5. The van der Waals surface area contributed by atoms with Crippen LogP contribution in [0.1, 0.15) is 200 Å². The quantitative estimate of drug-likeness (QED) is 0.0272. The number of allylic oxidation sites excluding steroid dienone is 17. The lowest BCUT2D eigenvalue weighted by Crippen LogP contribution is -2.45. The number of aliphatic hydroxyl groups excluding tert-OH is 1. The third-order valence-electron chi connectivity index (χ3n) is 11.2. The molecule has 2 N–H and O–H groups in total. The van der Waals surface area contributed by atoms with Crippen molar-refractivity contribution in [2.24, 2.45) is 0 Å². The largest absolute Gasteiger partial charge is 0.756 e. The van der Waals surface area contributed by atoms with E-state index < -0.39 is 20.0 Å². The minimum atomic E-state index is -4.60. The monoisotopic (exact) mass is 953 g/mol. The predicted molar refractivity (Wildman–Crippen MR) is 288 cm³/mol. The van der Waals surface area contributed by atoms with Crippen molar-refractivity contribution in [1.82, 2.24) is 5.32 Å². The summed E-state index contributed by atoms with van der Waals surface area (Å²) in [7, 11) is 1.24. The van der Waals surface area contributed by atoms with Gasteiger partial charge >= 0.3 is 0 Å². The first kappa shape index (κ1) is 64.2. The molecule has 0 bridgehead atoms. The van der Waals surface area contributed by atoms with Gasteiger partial charge in [0.15, 0.2) is 0 Å². The van der Waals surface area contributed by atoms with E-state index in [9.17, 15) is 19.4 Å². The number of phosphoric acid groups is 1. The van der Waals surface area contributed by atoms with Crippen molar-refractivity contribution in [3.05, 3.63) is 109 Å². The number of rotatable bonds is 47. The van der Waals surface area contributed by atoms with Crippen molar-refractivity contribution in [2.75, 3.05) is 40.9 Å². The van der Waals surface area contributed by atoms with Crippen LogP contribution in [0.2, 0.25) is 0 Å². The van der Waals surface area contributed by atoms with Gasteiger partial charge in [0.1, 0.15) is 13.2 Å². The first-order valence-corrected chi connectivity index (χ1v) is 28.2. The van der Waals surface area contributed by atoms with Gasteiger partial charge in [0.25, 0.3) is 7.82 Å². The summed E-state index contributed by atoms with van der Waals surface area (Å²) in [5.74, 6) is -0.212. The molecule has 0 aromatic rings. The van der Waals surface area contributed by atoms with E-state index >= 15 is 0 Å². The molecule has 0 heterocycles. The molecule has 0 aliphatic heterocycles. The summed E-state index contributed by atoms with van der Waals surface area (Å²) < 4.78 is 23.2. The summed E-state index contributed by atoms with van der Waals surface area (Å²) in [5.41, 5.74) is 0. The second-order valence-electron chi connectivity index (χ2n) is 18.9. The van der Waals surface area contributed by atoms with Gasteiger partial charge in [-0.1, -0.05) is 220 Å². The molecule has 67 heavy (non-hydrogen) atoms. The Morgan fingerprint density at radius 2 is 0.910 bits per heavy atom. The van der Waals surface area contributed by atoms with Crippen molar-refractivity contribution in [2.45, 2.75) is 212 Å². The smallest absolute Gasteiger partial charge is 0.268 e. The maximum Gasteiger partial charge on any atom is 0.268 e. The second-order valence-corrected chi connectivity index (χ2v) is 20.3. The Bertz CT molecular complexity index is 1450. The summed E-state index contributed by atoms with van der Waals surface area (Å²) in [6.07, 6.45) is 70.1. The summed E-state index contributed by atoms with van der Waals surface area (Å²) in [6.45, 7) is 4.50. The Morgan fingerprint density at radius 3 is 1.33 bits per heavy atom. The van der Waals surface area contributed by atoms with Crippen molar-refractivity contribution in [1.29, 1.82) is 0 Å². The zero-order valence-electron chi connectivity index (χ0n) is 43.6. The van der Waals surface area contributed by atoms with Crippen LogP contribution in [0.3, 0.4) is 0 Å². The number of carbonyl (C=O) groups excluding carboxylic acids is 1.